The van der Waals surface area contributed by atoms with E-state index < -0.39 is 23.7 Å². The Labute approximate surface area is 216 Å². The van der Waals surface area contributed by atoms with E-state index in [0.29, 0.717) is 37.2 Å². The number of rotatable bonds is 6. The van der Waals surface area contributed by atoms with Gasteiger partial charge >= 0.3 is 6.11 Å². The lowest BCUT2D eigenvalue weighted by molar-refractivity contribution is -0.222. The number of hydrogen-bond acceptors (Lipinski definition) is 1. The molecule has 0 unspecified atom stereocenters. The molecule has 2 fully saturated rings. The smallest absolute Gasteiger partial charge is 0.400 e. The van der Waals surface area contributed by atoms with Gasteiger partial charge in [0, 0.05) is 11.6 Å². The van der Waals surface area contributed by atoms with Crippen molar-refractivity contribution in [1.29, 1.82) is 0 Å². The highest BCUT2D eigenvalue weighted by atomic mass is 19.3. The van der Waals surface area contributed by atoms with Crippen molar-refractivity contribution in [2.75, 3.05) is 0 Å². The van der Waals surface area contributed by atoms with Gasteiger partial charge in [-0.15, -0.1) is 0 Å². The quantitative estimate of drug-likeness (QED) is 0.300. The minimum atomic E-state index is -3.38. The fourth-order valence-electron chi connectivity index (χ4n) is 6.06. The average Bonchev–Trinajstić information content (AvgIpc) is 2.90. The summed E-state index contributed by atoms with van der Waals surface area (Å²) < 4.78 is 62.9. The molecule has 2 aliphatic carbocycles. The van der Waals surface area contributed by atoms with Crippen LogP contribution in [-0.4, -0.2) is 6.11 Å². The van der Waals surface area contributed by atoms with Crippen molar-refractivity contribution in [3.63, 3.8) is 0 Å². The molecule has 3 aromatic carbocycles. The Kier molecular flexibility index (Phi) is 7.60. The monoisotopic (exact) mass is 510 g/mol. The maximum Gasteiger partial charge on any atom is 0.400 e. The molecule has 2 saturated carbocycles. The standard InChI is InChI=1S/C32H34F4O/c1-21-2-4-22(5-3-21)23-6-8-24(9-7-23)25-10-14-27(15-11-25)32(35,36)37-29-18-19-30(31(34)20-29)26-12-16-28(33)17-13-26/h6-9,12-13,16-22,25,27H,2-5,10-11,14-15H2,1H3. The summed E-state index contributed by atoms with van der Waals surface area (Å²) in [5, 5.41) is 0. The predicted octanol–water partition coefficient (Wildman–Crippen LogP) is 9.87. The summed E-state index contributed by atoms with van der Waals surface area (Å²) in [5.41, 5.74) is 3.31. The SMILES string of the molecule is CC1CCC(c2ccc(C3CCC(C(F)(F)Oc4ccc(-c5ccc(F)cc5)c(F)c4)CC3)cc2)CC1. The van der Waals surface area contributed by atoms with E-state index in [1.807, 2.05) is 0 Å². The number of alkyl halides is 2. The van der Waals surface area contributed by atoms with Crippen LogP contribution in [0.4, 0.5) is 17.6 Å². The summed E-state index contributed by atoms with van der Waals surface area (Å²) in [6, 6.07) is 17.9. The normalized spacial score (nSPS) is 24.6. The Hall–Kier alpha value is -2.82. The number of halogens is 4. The first-order valence-electron chi connectivity index (χ1n) is 13.5. The maximum absolute atomic E-state index is 15.0. The molecule has 5 heteroatoms. The van der Waals surface area contributed by atoms with E-state index >= 15 is 8.78 Å². The van der Waals surface area contributed by atoms with Crippen LogP contribution in [0.2, 0.25) is 0 Å². The van der Waals surface area contributed by atoms with E-state index in [2.05, 4.69) is 31.2 Å². The molecular weight excluding hydrogens is 476 g/mol. The van der Waals surface area contributed by atoms with Crippen LogP contribution in [0.3, 0.4) is 0 Å². The van der Waals surface area contributed by atoms with E-state index in [-0.39, 0.29) is 17.2 Å². The van der Waals surface area contributed by atoms with E-state index in [9.17, 15) is 8.78 Å². The fraction of sp³-hybridized carbons (Fsp3) is 0.438. The molecule has 0 atom stereocenters. The number of hydrogen-bond donors (Lipinski definition) is 0. The highest BCUT2D eigenvalue weighted by Gasteiger charge is 2.44. The van der Waals surface area contributed by atoms with Gasteiger partial charge in [0.1, 0.15) is 17.4 Å². The predicted molar refractivity (Wildman–Crippen MR) is 139 cm³/mol. The van der Waals surface area contributed by atoms with Crippen LogP contribution in [0.15, 0.2) is 66.7 Å². The summed E-state index contributed by atoms with van der Waals surface area (Å²) >= 11 is 0. The molecule has 0 aliphatic heterocycles. The van der Waals surface area contributed by atoms with E-state index in [1.54, 1.807) is 0 Å². The van der Waals surface area contributed by atoms with Gasteiger partial charge in [0.05, 0.1) is 5.92 Å². The van der Waals surface area contributed by atoms with Crippen molar-refractivity contribution in [1.82, 2.24) is 0 Å². The largest absolute Gasteiger partial charge is 0.432 e. The van der Waals surface area contributed by atoms with Crippen LogP contribution in [0.5, 0.6) is 5.75 Å². The molecule has 0 spiro atoms. The zero-order valence-corrected chi connectivity index (χ0v) is 21.2. The van der Waals surface area contributed by atoms with Gasteiger partial charge in [-0.1, -0.05) is 56.2 Å². The maximum atomic E-state index is 15.0. The first-order chi connectivity index (χ1) is 17.8. The number of benzene rings is 3. The summed E-state index contributed by atoms with van der Waals surface area (Å²) in [5.74, 6) is -0.478. The minimum absolute atomic E-state index is 0.205. The Balaban J connectivity index is 1.17. The zero-order valence-electron chi connectivity index (χ0n) is 21.2. The van der Waals surface area contributed by atoms with Gasteiger partial charge in [0.25, 0.3) is 0 Å². The summed E-state index contributed by atoms with van der Waals surface area (Å²) in [6.45, 7) is 2.33. The van der Waals surface area contributed by atoms with Gasteiger partial charge in [-0.2, -0.15) is 8.78 Å². The summed E-state index contributed by atoms with van der Waals surface area (Å²) in [7, 11) is 0. The lowest BCUT2D eigenvalue weighted by atomic mass is 9.76. The van der Waals surface area contributed by atoms with Gasteiger partial charge in [-0.05, 0) is 97.2 Å². The second-order valence-electron chi connectivity index (χ2n) is 11.0. The van der Waals surface area contributed by atoms with Crippen LogP contribution >= 0.6 is 0 Å². The highest BCUT2D eigenvalue weighted by molar-refractivity contribution is 5.64. The zero-order chi connectivity index (χ0) is 26.0. The van der Waals surface area contributed by atoms with E-state index in [4.69, 9.17) is 4.74 Å². The molecule has 0 radical (unpaired) electrons. The molecule has 0 amide bonds. The molecule has 0 aromatic heterocycles. The molecule has 0 heterocycles. The molecule has 0 saturated heterocycles. The molecular formula is C32H34F4O. The molecule has 3 aromatic rings. The third kappa shape index (κ3) is 6.02. The Morgan fingerprint density at radius 2 is 1.22 bits per heavy atom. The van der Waals surface area contributed by atoms with Gasteiger partial charge in [0.15, 0.2) is 0 Å². The third-order valence-corrected chi connectivity index (χ3v) is 8.45. The molecule has 0 N–H and O–H groups in total. The second-order valence-corrected chi connectivity index (χ2v) is 11.0. The van der Waals surface area contributed by atoms with Gasteiger partial charge in [-0.25, -0.2) is 8.78 Å². The Morgan fingerprint density at radius 3 is 1.76 bits per heavy atom. The molecule has 5 rings (SSSR count). The van der Waals surface area contributed by atoms with Crippen molar-refractivity contribution >= 4 is 0 Å². The Bertz CT molecular complexity index is 1170. The lowest BCUT2D eigenvalue weighted by Gasteiger charge is -2.33. The average molecular weight is 511 g/mol. The van der Waals surface area contributed by atoms with Crippen LogP contribution in [0.25, 0.3) is 11.1 Å². The molecule has 2 aliphatic rings. The van der Waals surface area contributed by atoms with Crippen LogP contribution < -0.4 is 4.74 Å². The van der Waals surface area contributed by atoms with Crippen molar-refractivity contribution < 1.29 is 22.3 Å². The lowest BCUT2D eigenvalue weighted by Crippen LogP contribution is -2.37. The molecule has 196 valence electrons. The van der Waals surface area contributed by atoms with E-state index in [0.717, 1.165) is 12.0 Å². The number of ether oxygens (including phenoxy) is 1. The first-order valence-corrected chi connectivity index (χ1v) is 13.5. The minimum Gasteiger partial charge on any atom is -0.432 e. The van der Waals surface area contributed by atoms with E-state index in [1.165, 1.54) is 73.2 Å². The van der Waals surface area contributed by atoms with Crippen LogP contribution in [0, 0.1) is 23.5 Å². The molecule has 0 bridgehead atoms. The molecule has 37 heavy (non-hydrogen) atoms. The second kappa shape index (κ2) is 10.9. The van der Waals surface area contributed by atoms with Crippen molar-refractivity contribution in [2.24, 2.45) is 11.8 Å². The van der Waals surface area contributed by atoms with Gasteiger partial charge in [0.2, 0.25) is 0 Å². The third-order valence-electron chi connectivity index (χ3n) is 8.45. The van der Waals surface area contributed by atoms with Gasteiger partial charge < -0.3 is 4.74 Å². The highest BCUT2D eigenvalue weighted by Crippen LogP contribution is 2.44. The van der Waals surface area contributed by atoms with Gasteiger partial charge in [-0.3, -0.25) is 0 Å². The fourth-order valence-corrected chi connectivity index (χ4v) is 6.06. The van der Waals surface area contributed by atoms with Crippen molar-refractivity contribution in [2.45, 2.75) is 76.2 Å². The topological polar surface area (TPSA) is 9.23 Å². The van der Waals surface area contributed by atoms with Crippen molar-refractivity contribution in [3.8, 4) is 16.9 Å². The van der Waals surface area contributed by atoms with Crippen LogP contribution in [0.1, 0.15) is 81.3 Å². The van der Waals surface area contributed by atoms with Crippen LogP contribution in [-0.2, 0) is 0 Å². The molecule has 1 nitrogen and oxygen atoms in total. The van der Waals surface area contributed by atoms with Crippen molar-refractivity contribution in [3.05, 3.63) is 89.5 Å². The first kappa shape index (κ1) is 25.8. The Morgan fingerprint density at radius 1 is 0.676 bits per heavy atom. The summed E-state index contributed by atoms with van der Waals surface area (Å²) in [4.78, 5) is 0. The summed E-state index contributed by atoms with van der Waals surface area (Å²) in [6.07, 6.45) is 3.78.